The van der Waals surface area contributed by atoms with Crippen LogP contribution < -0.4 is 0 Å². The Morgan fingerprint density at radius 3 is 1.47 bits per heavy atom. The van der Waals surface area contributed by atoms with Crippen LogP contribution in [0.25, 0.3) is 97.7 Å². The Morgan fingerprint density at radius 2 is 0.791 bits per heavy atom. The quantitative estimate of drug-likeness (QED) is 0.187. The molecule has 0 spiro atoms. The lowest BCUT2D eigenvalue weighted by atomic mass is 9.86. The molecule has 0 fully saturated rings. The van der Waals surface area contributed by atoms with Crippen LogP contribution in [0.2, 0.25) is 0 Å². The second-order valence-electron chi connectivity index (χ2n) is 11.6. The van der Waals surface area contributed by atoms with Crippen LogP contribution >= 0.6 is 0 Å². The molecule has 10 aromatic rings. The standard InChI is InChI=1S/C42H24O/c1-2-11-27-25(10-1)20-23-37-36-19-9-18-28(42(36)43-41(27)37)26-21-22-35-38(24-26)31-14-5-8-17-34(31)39-32-15-6-3-12-29(32)30-13-4-7-16-33(30)40(35)39/h1-24H. The molecule has 0 N–H and O–H groups in total. The van der Waals surface area contributed by atoms with Gasteiger partial charge in [-0.05, 0) is 76.9 Å². The van der Waals surface area contributed by atoms with E-state index in [0.29, 0.717) is 0 Å². The van der Waals surface area contributed by atoms with Crippen molar-refractivity contribution in [2.24, 2.45) is 0 Å². The third kappa shape index (κ3) is 3.06. The maximum absolute atomic E-state index is 6.73. The summed E-state index contributed by atoms with van der Waals surface area (Å²) in [5, 5.41) is 17.6. The van der Waals surface area contributed by atoms with Gasteiger partial charge in [-0.3, -0.25) is 0 Å². The molecule has 198 valence electrons. The molecule has 10 rings (SSSR count). The highest BCUT2D eigenvalue weighted by atomic mass is 16.3. The third-order valence-electron chi connectivity index (χ3n) is 9.41. The Labute approximate surface area is 247 Å². The van der Waals surface area contributed by atoms with Crippen LogP contribution in [-0.4, -0.2) is 0 Å². The molecule has 0 radical (unpaired) electrons. The van der Waals surface area contributed by atoms with E-state index in [0.717, 1.165) is 38.5 Å². The van der Waals surface area contributed by atoms with Gasteiger partial charge in [-0.25, -0.2) is 0 Å². The van der Waals surface area contributed by atoms with Crippen LogP contribution in [0.1, 0.15) is 0 Å². The molecule has 0 atom stereocenters. The Bertz CT molecular complexity index is 2780. The first-order valence-corrected chi connectivity index (χ1v) is 14.9. The number of para-hydroxylation sites is 1. The van der Waals surface area contributed by atoms with Gasteiger partial charge in [0.1, 0.15) is 11.2 Å². The molecule has 0 bridgehead atoms. The number of benzene rings is 9. The largest absolute Gasteiger partial charge is 0.455 e. The van der Waals surface area contributed by atoms with Crippen LogP contribution in [0.5, 0.6) is 0 Å². The SMILES string of the molecule is c1ccc2c(c1)ccc1c3cccc(-c4ccc5c(c4)c4ccccc4c4c6ccccc6c6ccccc6c54)c3oc21. The van der Waals surface area contributed by atoms with Crippen molar-refractivity contribution < 1.29 is 4.42 Å². The van der Waals surface area contributed by atoms with Crippen LogP contribution in [0.3, 0.4) is 0 Å². The number of hydrogen-bond acceptors (Lipinski definition) is 1. The van der Waals surface area contributed by atoms with Crippen LogP contribution in [-0.2, 0) is 0 Å². The lowest BCUT2D eigenvalue weighted by Gasteiger charge is -2.17. The Kier molecular flexibility index (Phi) is 4.51. The third-order valence-corrected chi connectivity index (χ3v) is 9.41. The van der Waals surface area contributed by atoms with Crippen molar-refractivity contribution in [2.45, 2.75) is 0 Å². The molecule has 0 aliphatic rings. The number of rotatable bonds is 1. The summed E-state index contributed by atoms with van der Waals surface area (Å²) in [6, 6.07) is 53.0. The molecule has 0 aliphatic carbocycles. The van der Waals surface area contributed by atoms with E-state index in [2.05, 4.69) is 146 Å². The monoisotopic (exact) mass is 544 g/mol. The van der Waals surface area contributed by atoms with Crippen molar-refractivity contribution in [2.75, 3.05) is 0 Å². The maximum atomic E-state index is 6.73. The fourth-order valence-electron chi connectivity index (χ4n) is 7.54. The molecule has 9 aromatic carbocycles. The second-order valence-corrected chi connectivity index (χ2v) is 11.6. The molecule has 0 saturated carbocycles. The molecular formula is C42H24O. The summed E-state index contributed by atoms with van der Waals surface area (Å²) in [6.45, 7) is 0. The van der Waals surface area contributed by atoms with Gasteiger partial charge in [-0.1, -0.05) is 133 Å². The summed E-state index contributed by atoms with van der Waals surface area (Å²) in [7, 11) is 0. The highest BCUT2D eigenvalue weighted by molar-refractivity contribution is 6.39. The highest BCUT2D eigenvalue weighted by Gasteiger charge is 2.18. The van der Waals surface area contributed by atoms with Gasteiger partial charge in [0, 0.05) is 21.7 Å². The van der Waals surface area contributed by atoms with Crippen LogP contribution in [0.15, 0.2) is 150 Å². The minimum atomic E-state index is 0.940. The van der Waals surface area contributed by atoms with Gasteiger partial charge in [0.25, 0.3) is 0 Å². The molecule has 1 nitrogen and oxygen atoms in total. The van der Waals surface area contributed by atoms with E-state index in [1.807, 2.05) is 0 Å². The lowest BCUT2D eigenvalue weighted by Crippen LogP contribution is -1.89. The molecule has 1 heteroatoms. The molecule has 0 aliphatic heterocycles. The van der Waals surface area contributed by atoms with E-state index in [4.69, 9.17) is 4.42 Å². The first-order chi connectivity index (χ1) is 21.3. The summed E-state index contributed by atoms with van der Waals surface area (Å²) >= 11 is 0. The van der Waals surface area contributed by atoms with Crippen molar-refractivity contribution in [1.29, 1.82) is 0 Å². The van der Waals surface area contributed by atoms with E-state index in [9.17, 15) is 0 Å². The fraction of sp³-hybridized carbons (Fsp3) is 0. The summed E-state index contributed by atoms with van der Waals surface area (Å²) < 4.78 is 6.73. The van der Waals surface area contributed by atoms with Gasteiger partial charge in [-0.2, -0.15) is 0 Å². The van der Waals surface area contributed by atoms with E-state index in [1.54, 1.807) is 0 Å². The van der Waals surface area contributed by atoms with Crippen LogP contribution in [0.4, 0.5) is 0 Å². The zero-order chi connectivity index (χ0) is 28.1. The Balaban J connectivity index is 1.35. The summed E-state index contributed by atoms with van der Waals surface area (Å²) in [6.07, 6.45) is 0. The fourth-order valence-corrected chi connectivity index (χ4v) is 7.54. The van der Waals surface area contributed by atoms with E-state index >= 15 is 0 Å². The molecule has 43 heavy (non-hydrogen) atoms. The normalized spacial score (nSPS) is 12.2. The van der Waals surface area contributed by atoms with E-state index in [-0.39, 0.29) is 0 Å². The summed E-state index contributed by atoms with van der Waals surface area (Å²) in [5.74, 6) is 0. The van der Waals surface area contributed by atoms with Gasteiger partial charge in [0.05, 0.1) is 0 Å². The average Bonchev–Trinajstić information content (AvgIpc) is 3.47. The predicted octanol–water partition coefficient (Wildman–Crippen LogP) is 12.2. The molecule has 0 unspecified atom stereocenters. The Morgan fingerprint density at radius 1 is 0.302 bits per heavy atom. The smallest absolute Gasteiger partial charge is 0.143 e. The minimum Gasteiger partial charge on any atom is -0.455 e. The summed E-state index contributed by atoms with van der Waals surface area (Å²) in [5.41, 5.74) is 4.18. The predicted molar refractivity (Wildman–Crippen MR) is 184 cm³/mol. The lowest BCUT2D eigenvalue weighted by molar-refractivity contribution is 0.674. The van der Waals surface area contributed by atoms with Crippen molar-refractivity contribution >= 4 is 86.6 Å². The van der Waals surface area contributed by atoms with Gasteiger partial charge in [0.15, 0.2) is 0 Å². The van der Waals surface area contributed by atoms with Crippen LogP contribution in [0, 0.1) is 0 Å². The van der Waals surface area contributed by atoms with Gasteiger partial charge < -0.3 is 4.42 Å². The molecule has 1 heterocycles. The van der Waals surface area contributed by atoms with E-state index in [1.165, 1.54) is 59.2 Å². The van der Waals surface area contributed by atoms with Crippen molar-refractivity contribution in [3.05, 3.63) is 146 Å². The summed E-state index contributed by atoms with van der Waals surface area (Å²) in [4.78, 5) is 0. The van der Waals surface area contributed by atoms with E-state index < -0.39 is 0 Å². The van der Waals surface area contributed by atoms with Crippen molar-refractivity contribution in [3.8, 4) is 11.1 Å². The number of hydrogen-bond donors (Lipinski definition) is 0. The zero-order valence-corrected chi connectivity index (χ0v) is 23.3. The zero-order valence-electron chi connectivity index (χ0n) is 23.3. The number of furan rings is 1. The first-order valence-electron chi connectivity index (χ1n) is 14.9. The van der Waals surface area contributed by atoms with Gasteiger partial charge >= 0.3 is 0 Å². The Hall–Kier alpha value is -5.66. The molecule has 0 amide bonds. The molecule has 0 saturated heterocycles. The average molecular weight is 545 g/mol. The molecular weight excluding hydrogens is 520 g/mol. The molecule has 1 aromatic heterocycles. The van der Waals surface area contributed by atoms with Gasteiger partial charge in [-0.15, -0.1) is 0 Å². The highest BCUT2D eigenvalue weighted by Crippen LogP contribution is 2.45. The topological polar surface area (TPSA) is 13.1 Å². The first kappa shape index (κ1) is 23.0. The van der Waals surface area contributed by atoms with Crippen molar-refractivity contribution in [1.82, 2.24) is 0 Å². The second kappa shape index (κ2) is 8.44. The minimum absolute atomic E-state index is 0.940. The number of fused-ring (bicyclic) bond motifs is 16. The van der Waals surface area contributed by atoms with Gasteiger partial charge in [0.2, 0.25) is 0 Å². The maximum Gasteiger partial charge on any atom is 0.143 e. The van der Waals surface area contributed by atoms with Crippen molar-refractivity contribution in [3.63, 3.8) is 0 Å².